The van der Waals surface area contributed by atoms with Crippen LogP contribution in [0.5, 0.6) is 0 Å². The molecule has 8 heteroatoms. The first kappa shape index (κ1) is 54.0. The summed E-state index contributed by atoms with van der Waals surface area (Å²) in [6, 6.07) is -0.731. The van der Waals surface area contributed by atoms with Gasteiger partial charge >= 0.3 is 11.9 Å². The standard InChI is InChI=1S/C49H85NO7/c1-6-8-10-12-14-16-18-20-22-23-24-25-26-28-29-31-33-35-37-39-47(51)56-44-45(43-55-42-41-46(49(53)54)50(3,4)5)57-48(52)40-38-36-34-32-30-27-21-19-17-15-13-11-9-7-2/h8,10,14,16,20,22,24-25,28-29,45-46H,6-7,9,11-13,15,17-19,21,23,26-27,30-44H2,1-5H3/b10-8+,16-14+,22-20+,25-24+,29-28+. The Morgan fingerprint density at radius 2 is 0.982 bits per heavy atom. The van der Waals surface area contributed by atoms with Crippen LogP contribution in [0.1, 0.15) is 181 Å². The highest BCUT2D eigenvalue weighted by atomic mass is 16.6. The number of carboxylic acids is 1. The normalized spacial score (nSPS) is 13.5. The van der Waals surface area contributed by atoms with Crippen molar-refractivity contribution in [3.05, 3.63) is 60.8 Å². The third-order valence-electron chi connectivity index (χ3n) is 9.92. The van der Waals surface area contributed by atoms with Crippen LogP contribution in [0, 0.1) is 0 Å². The van der Waals surface area contributed by atoms with Crippen molar-refractivity contribution in [2.24, 2.45) is 0 Å². The van der Waals surface area contributed by atoms with Gasteiger partial charge in [0, 0.05) is 19.3 Å². The Balaban J connectivity index is 4.38. The maximum Gasteiger partial charge on any atom is 0.306 e. The molecule has 0 aromatic rings. The number of nitrogens with zero attached hydrogens (tertiary/aromatic N) is 1. The van der Waals surface area contributed by atoms with Crippen molar-refractivity contribution in [1.29, 1.82) is 0 Å². The van der Waals surface area contributed by atoms with Gasteiger partial charge in [0.1, 0.15) is 12.6 Å². The molecule has 0 saturated heterocycles. The fourth-order valence-corrected chi connectivity index (χ4v) is 6.39. The van der Waals surface area contributed by atoms with Crippen LogP contribution in [0.2, 0.25) is 0 Å². The van der Waals surface area contributed by atoms with E-state index >= 15 is 0 Å². The lowest BCUT2D eigenvalue weighted by molar-refractivity contribution is -0.889. The van der Waals surface area contributed by atoms with E-state index in [1.807, 2.05) is 0 Å². The number of carbonyl (C=O) groups is 3. The van der Waals surface area contributed by atoms with Crippen molar-refractivity contribution in [3.8, 4) is 0 Å². The number of carbonyl (C=O) groups excluding carboxylic acids is 3. The summed E-state index contributed by atoms with van der Waals surface area (Å²) in [6.07, 6.45) is 48.1. The number of carboxylic acid groups (broad SMARTS) is 1. The Hall–Kier alpha value is -2.97. The largest absolute Gasteiger partial charge is 0.544 e. The van der Waals surface area contributed by atoms with Crippen LogP contribution in [0.3, 0.4) is 0 Å². The van der Waals surface area contributed by atoms with Gasteiger partial charge in [-0.1, -0.05) is 164 Å². The highest BCUT2D eigenvalue weighted by molar-refractivity contribution is 5.70. The van der Waals surface area contributed by atoms with Crippen molar-refractivity contribution in [2.75, 3.05) is 41.0 Å². The highest BCUT2D eigenvalue weighted by Crippen LogP contribution is 2.14. The Kier molecular flexibility index (Phi) is 37.8. The molecule has 328 valence electrons. The number of unbranched alkanes of at least 4 members (excludes halogenated alkanes) is 16. The van der Waals surface area contributed by atoms with Crippen LogP contribution in [-0.4, -0.2) is 75.5 Å². The summed E-state index contributed by atoms with van der Waals surface area (Å²) in [7, 11) is 5.39. The van der Waals surface area contributed by atoms with E-state index < -0.39 is 18.1 Å². The minimum Gasteiger partial charge on any atom is -0.544 e. The van der Waals surface area contributed by atoms with E-state index in [-0.39, 0.29) is 42.7 Å². The molecule has 0 aromatic heterocycles. The average Bonchev–Trinajstić information content (AvgIpc) is 3.17. The summed E-state index contributed by atoms with van der Waals surface area (Å²) in [5.41, 5.74) is 0. The van der Waals surface area contributed by atoms with Gasteiger partial charge in [0.2, 0.25) is 0 Å². The monoisotopic (exact) mass is 800 g/mol. The Bertz CT molecular complexity index is 1120. The third kappa shape index (κ3) is 38.3. The molecule has 0 rings (SSSR count). The molecule has 0 aliphatic rings. The number of hydrogen-bond donors (Lipinski definition) is 0. The quantitative estimate of drug-likeness (QED) is 0.0263. The minimum atomic E-state index is -1.13. The van der Waals surface area contributed by atoms with Crippen molar-refractivity contribution < 1.29 is 38.2 Å². The smallest absolute Gasteiger partial charge is 0.306 e. The van der Waals surface area contributed by atoms with Crippen molar-refractivity contribution in [1.82, 2.24) is 0 Å². The van der Waals surface area contributed by atoms with Gasteiger partial charge in [0.25, 0.3) is 0 Å². The zero-order chi connectivity index (χ0) is 42.1. The van der Waals surface area contributed by atoms with Gasteiger partial charge in [-0.3, -0.25) is 9.59 Å². The van der Waals surface area contributed by atoms with Crippen molar-refractivity contribution in [3.63, 3.8) is 0 Å². The fourth-order valence-electron chi connectivity index (χ4n) is 6.39. The molecule has 2 atom stereocenters. The second-order valence-corrected chi connectivity index (χ2v) is 16.3. The Morgan fingerprint density at radius 1 is 0.544 bits per heavy atom. The Morgan fingerprint density at radius 3 is 1.46 bits per heavy atom. The van der Waals surface area contributed by atoms with E-state index in [0.29, 0.717) is 12.8 Å². The SMILES string of the molecule is CC/C=C/C/C=C/C/C=C/C/C=C/C/C=C/CCCCCC(=O)OCC(COCCC(C(=O)[O-])[N+](C)(C)C)OC(=O)CCCCCCCCCCCCCCCC. The van der Waals surface area contributed by atoms with Gasteiger partial charge in [-0.15, -0.1) is 0 Å². The first-order chi connectivity index (χ1) is 27.6. The molecule has 0 amide bonds. The number of allylic oxidation sites excluding steroid dienone is 10. The molecular weight excluding hydrogens is 715 g/mol. The van der Waals surface area contributed by atoms with E-state index in [0.717, 1.165) is 77.0 Å². The number of ether oxygens (including phenoxy) is 3. The molecule has 2 unspecified atom stereocenters. The van der Waals surface area contributed by atoms with Gasteiger partial charge in [-0.25, -0.2) is 0 Å². The molecular formula is C49H85NO7. The summed E-state index contributed by atoms with van der Waals surface area (Å²) >= 11 is 0. The number of quaternary nitrogens is 1. The zero-order valence-corrected chi connectivity index (χ0v) is 37.2. The van der Waals surface area contributed by atoms with Crippen LogP contribution >= 0.6 is 0 Å². The van der Waals surface area contributed by atoms with Crippen molar-refractivity contribution in [2.45, 2.75) is 193 Å². The van der Waals surface area contributed by atoms with Crippen LogP contribution < -0.4 is 5.11 Å². The molecule has 0 N–H and O–H groups in total. The van der Waals surface area contributed by atoms with Crippen LogP contribution in [0.4, 0.5) is 0 Å². The molecule has 0 bridgehead atoms. The summed E-state index contributed by atoms with van der Waals surface area (Å²) < 4.78 is 17.2. The van der Waals surface area contributed by atoms with Crippen LogP contribution in [0.15, 0.2) is 60.8 Å². The number of hydrogen-bond acceptors (Lipinski definition) is 7. The van der Waals surface area contributed by atoms with Crippen LogP contribution in [0.25, 0.3) is 0 Å². The highest BCUT2D eigenvalue weighted by Gasteiger charge is 2.25. The summed E-state index contributed by atoms with van der Waals surface area (Å²) in [5, 5.41) is 11.6. The molecule has 0 aromatic carbocycles. The topological polar surface area (TPSA) is 102 Å². The molecule has 57 heavy (non-hydrogen) atoms. The lowest BCUT2D eigenvalue weighted by atomic mass is 10.0. The summed E-state index contributed by atoms with van der Waals surface area (Å²) in [4.78, 5) is 36.9. The van der Waals surface area contributed by atoms with Crippen molar-refractivity contribution >= 4 is 17.9 Å². The lowest BCUT2D eigenvalue weighted by Crippen LogP contribution is -2.55. The van der Waals surface area contributed by atoms with E-state index in [9.17, 15) is 19.5 Å². The summed E-state index contributed by atoms with van der Waals surface area (Å²) in [5.74, 6) is -1.78. The fraction of sp³-hybridized carbons (Fsp3) is 0.735. The van der Waals surface area contributed by atoms with E-state index in [4.69, 9.17) is 14.2 Å². The van der Waals surface area contributed by atoms with Gasteiger partial charge < -0.3 is 28.6 Å². The molecule has 0 aliphatic heterocycles. The average molecular weight is 800 g/mol. The number of aliphatic carboxylic acids is 1. The maximum atomic E-state index is 12.7. The maximum absolute atomic E-state index is 12.7. The van der Waals surface area contributed by atoms with E-state index in [1.165, 1.54) is 70.6 Å². The second kappa shape index (κ2) is 39.8. The first-order valence-corrected chi connectivity index (χ1v) is 22.8. The molecule has 0 aliphatic carbocycles. The number of likely N-dealkylation sites (N-methyl/N-ethyl adjacent to an activating group) is 1. The molecule has 8 nitrogen and oxygen atoms in total. The van der Waals surface area contributed by atoms with E-state index in [1.54, 1.807) is 21.1 Å². The van der Waals surface area contributed by atoms with Gasteiger partial charge in [-0.2, -0.15) is 0 Å². The number of esters is 2. The predicted molar refractivity (Wildman–Crippen MR) is 236 cm³/mol. The van der Waals surface area contributed by atoms with E-state index in [2.05, 4.69) is 74.6 Å². The molecule has 0 saturated carbocycles. The molecule has 0 fully saturated rings. The van der Waals surface area contributed by atoms with Gasteiger partial charge in [0.15, 0.2) is 6.10 Å². The third-order valence-corrected chi connectivity index (χ3v) is 9.92. The first-order valence-electron chi connectivity index (χ1n) is 22.8. The zero-order valence-electron chi connectivity index (χ0n) is 37.2. The Labute approximate surface area is 349 Å². The second-order valence-electron chi connectivity index (χ2n) is 16.3. The lowest BCUT2D eigenvalue weighted by Gasteiger charge is -2.34. The molecule has 0 spiro atoms. The van der Waals surface area contributed by atoms with Gasteiger partial charge in [0.05, 0.1) is 40.3 Å². The predicted octanol–water partition coefficient (Wildman–Crippen LogP) is 11.2. The van der Waals surface area contributed by atoms with Crippen LogP contribution in [-0.2, 0) is 28.6 Å². The molecule has 0 heterocycles. The number of rotatable bonds is 40. The van der Waals surface area contributed by atoms with Gasteiger partial charge in [-0.05, 0) is 57.8 Å². The minimum absolute atomic E-state index is 0.0297. The molecule has 0 radical (unpaired) electrons. The summed E-state index contributed by atoms with van der Waals surface area (Å²) in [6.45, 7) is 4.51.